The number of hydrogen-bond acceptors (Lipinski definition) is 2. The van der Waals surface area contributed by atoms with Crippen LogP contribution in [-0.2, 0) is 4.43 Å². The summed E-state index contributed by atoms with van der Waals surface area (Å²) in [5, 5.41) is 9.54. The maximum atomic E-state index is 9.23. The van der Waals surface area contributed by atoms with E-state index in [0.717, 1.165) is 13.0 Å². The molecule has 0 radical (unpaired) electrons. The van der Waals surface area contributed by atoms with Gasteiger partial charge in [-0.25, -0.2) is 0 Å². The van der Waals surface area contributed by atoms with Gasteiger partial charge in [0.1, 0.15) is 0 Å². The van der Waals surface area contributed by atoms with Gasteiger partial charge in [0.2, 0.25) is 0 Å². The van der Waals surface area contributed by atoms with Crippen molar-refractivity contribution >= 4 is 8.32 Å². The average molecular weight is 258 g/mol. The minimum atomic E-state index is -1.58. The van der Waals surface area contributed by atoms with Gasteiger partial charge in [0.25, 0.3) is 0 Å². The lowest BCUT2D eigenvalue weighted by molar-refractivity contribution is 0.124. The second kappa shape index (κ2) is 5.85. The van der Waals surface area contributed by atoms with E-state index in [1.807, 2.05) is 0 Å². The zero-order valence-electron chi connectivity index (χ0n) is 12.3. The van der Waals surface area contributed by atoms with Crippen LogP contribution in [0.2, 0.25) is 18.1 Å². The van der Waals surface area contributed by atoms with Gasteiger partial charge >= 0.3 is 0 Å². The average Bonchev–Trinajstić information content (AvgIpc) is 2.25. The van der Waals surface area contributed by atoms with Crippen LogP contribution in [-0.4, -0.2) is 26.6 Å². The van der Waals surface area contributed by atoms with Crippen LogP contribution >= 0.6 is 0 Å². The molecule has 17 heavy (non-hydrogen) atoms. The van der Waals surface area contributed by atoms with Crippen molar-refractivity contribution in [2.24, 2.45) is 11.8 Å². The Kier molecular flexibility index (Phi) is 5.23. The van der Waals surface area contributed by atoms with Crippen LogP contribution in [0.3, 0.4) is 0 Å². The van der Waals surface area contributed by atoms with Crippen molar-refractivity contribution in [3.63, 3.8) is 0 Å². The maximum Gasteiger partial charge on any atom is 0.191 e. The lowest BCUT2D eigenvalue weighted by atomic mass is 9.82. The van der Waals surface area contributed by atoms with E-state index in [9.17, 15) is 5.11 Å². The highest BCUT2D eigenvalue weighted by Gasteiger charge is 2.37. The van der Waals surface area contributed by atoms with Crippen LogP contribution in [0.1, 0.15) is 46.5 Å². The first kappa shape index (κ1) is 15.2. The van der Waals surface area contributed by atoms with Gasteiger partial charge < -0.3 is 9.53 Å². The molecule has 0 amide bonds. The molecule has 0 aromatic rings. The zero-order chi connectivity index (χ0) is 13.1. The van der Waals surface area contributed by atoms with Crippen molar-refractivity contribution < 1.29 is 9.53 Å². The van der Waals surface area contributed by atoms with E-state index in [4.69, 9.17) is 4.43 Å². The van der Waals surface area contributed by atoms with Crippen LogP contribution in [0.4, 0.5) is 0 Å². The summed E-state index contributed by atoms with van der Waals surface area (Å²) in [6.45, 7) is 12.8. The number of rotatable bonds is 4. The van der Waals surface area contributed by atoms with Crippen LogP contribution in [0.25, 0.3) is 0 Å². The molecule has 0 aliphatic heterocycles. The predicted octanol–water partition coefficient (Wildman–Crippen LogP) is 3.81. The van der Waals surface area contributed by atoms with Gasteiger partial charge in [-0.3, -0.25) is 0 Å². The first-order chi connectivity index (χ1) is 7.76. The van der Waals surface area contributed by atoms with Crippen LogP contribution in [0, 0.1) is 11.8 Å². The Morgan fingerprint density at radius 2 is 1.76 bits per heavy atom. The Balaban J connectivity index is 2.40. The molecule has 0 spiro atoms. The number of hydrogen-bond donors (Lipinski definition) is 1. The van der Waals surface area contributed by atoms with Crippen molar-refractivity contribution in [2.75, 3.05) is 13.2 Å². The van der Waals surface area contributed by atoms with Gasteiger partial charge in [-0.15, -0.1) is 0 Å². The van der Waals surface area contributed by atoms with E-state index < -0.39 is 8.32 Å². The van der Waals surface area contributed by atoms with Gasteiger partial charge in [-0.05, 0) is 49.2 Å². The first-order valence-corrected chi connectivity index (χ1v) is 9.92. The van der Waals surface area contributed by atoms with Crippen LogP contribution in [0.15, 0.2) is 0 Å². The summed E-state index contributed by atoms with van der Waals surface area (Å²) in [4.78, 5) is 0. The van der Waals surface area contributed by atoms with Gasteiger partial charge in [0.05, 0.1) is 0 Å². The smallest absolute Gasteiger partial charge is 0.191 e. The summed E-state index contributed by atoms with van der Waals surface area (Å²) < 4.78 is 6.28. The summed E-state index contributed by atoms with van der Waals surface area (Å²) in [7, 11) is -1.58. The van der Waals surface area contributed by atoms with Crippen molar-refractivity contribution in [1.29, 1.82) is 0 Å². The third-order valence-electron chi connectivity index (χ3n) is 4.64. The molecular formula is C14H30O2Si. The fourth-order valence-electron chi connectivity index (χ4n) is 2.26. The van der Waals surface area contributed by atoms with Crippen LogP contribution < -0.4 is 0 Å². The fourth-order valence-corrected chi connectivity index (χ4v) is 3.35. The Morgan fingerprint density at radius 3 is 2.29 bits per heavy atom. The molecule has 1 N–H and O–H groups in total. The fraction of sp³-hybridized carbons (Fsp3) is 1.00. The van der Waals surface area contributed by atoms with E-state index in [0.29, 0.717) is 23.5 Å². The lowest BCUT2D eigenvalue weighted by Crippen LogP contribution is -2.42. The van der Waals surface area contributed by atoms with Crippen LogP contribution in [0.5, 0.6) is 0 Å². The quantitative estimate of drug-likeness (QED) is 0.777. The molecular weight excluding hydrogens is 228 g/mol. The molecule has 0 unspecified atom stereocenters. The molecule has 2 nitrogen and oxygen atoms in total. The largest absolute Gasteiger partial charge is 0.417 e. The van der Waals surface area contributed by atoms with Gasteiger partial charge in [0.15, 0.2) is 8.32 Å². The predicted molar refractivity (Wildman–Crippen MR) is 75.7 cm³/mol. The van der Waals surface area contributed by atoms with E-state index in [2.05, 4.69) is 33.9 Å². The van der Waals surface area contributed by atoms with E-state index in [-0.39, 0.29) is 0 Å². The SMILES string of the molecule is CC(C)(C)[Si](C)(C)OC[C@H]1CCC[C@@H](CO)C1. The Bertz CT molecular complexity index is 233. The highest BCUT2D eigenvalue weighted by atomic mass is 28.4. The summed E-state index contributed by atoms with van der Waals surface area (Å²) in [6.07, 6.45) is 4.90. The third kappa shape index (κ3) is 4.38. The Morgan fingerprint density at radius 1 is 1.18 bits per heavy atom. The summed E-state index contributed by atoms with van der Waals surface area (Å²) in [5.74, 6) is 1.20. The van der Waals surface area contributed by atoms with E-state index in [1.54, 1.807) is 0 Å². The van der Waals surface area contributed by atoms with E-state index >= 15 is 0 Å². The molecule has 1 aliphatic carbocycles. The third-order valence-corrected chi connectivity index (χ3v) is 9.14. The molecule has 1 rings (SSSR count). The number of aliphatic hydroxyl groups is 1. The van der Waals surface area contributed by atoms with E-state index in [1.165, 1.54) is 19.3 Å². The van der Waals surface area contributed by atoms with Gasteiger partial charge in [-0.1, -0.05) is 27.2 Å². The first-order valence-electron chi connectivity index (χ1n) is 7.01. The lowest BCUT2D eigenvalue weighted by Gasteiger charge is -2.38. The monoisotopic (exact) mass is 258 g/mol. The standard InChI is InChI=1S/C14H30O2Si/c1-14(2,3)17(4,5)16-11-13-8-6-7-12(9-13)10-15/h12-13,15H,6-11H2,1-5H3/t12-,13+/m1/s1. The summed E-state index contributed by atoms with van der Waals surface area (Å²) in [6, 6.07) is 0. The number of aliphatic hydroxyl groups excluding tert-OH is 1. The van der Waals surface area contributed by atoms with Gasteiger partial charge in [0, 0.05) is 13.2 Å². The summed E-state index contributed by atoms with van der Waals surface area (Å²) in [5.41, 5.74) is 0. The highest BCUT2D eigenvalue weighted by Crippen LogP contribution is 2.38. The minimum Gasteiger partial charge on any atom is -0.417 e. The zero-order valence-corrected chi connectivity index (χ0v) is 13.3. The molecule has 0 aromatic heterocycles. The normalized spacial score (nSPS) is 27.2. The molecule has 1 fully saturated rings. The molecule has 102 valence electrons. The maximum absolute atomic E-state index is 9.23. The van der Waals surface area contributed by atoms with Crippen molar-refractivity contribution in [1.82, 2.24) is 0 Å². The molecule has 0 bridgehead atoms. The van der Waals surface area contributed by atoms with Crippen molar-refractivity contribution in [3.05, 3.63) is 0 Å². The molecule has 1 saturated carbocycles. The molecule has 3 heteroatoms. The molecule has 2 atom stereocenters. The summed E-state index contributed by atoms with van der Waals surface area (Å²) >= 11 is 0. The molecule has 1 aliphatic rings. The minimum absolute atomic E-state index is 0.304. The van der Waals surface area contributed by atoms with Crippen molar-refractivity contribution in [2.45, 2.75) is 64.6 Å². The second-order valence-corrected chi connectivity index (χ2v) is 12.0. The second-order valence-electron chi connectivity index (χ2n) is 7.15. The topological polar surface area (TPSA) is 29.5 Å². The molecule has 0 aromatic carbocycles. The Labute approximate surface area is 108 Å². The van der Waals surface area contributed by atoms with Gasteiger partial charge in [-0.2, -0.15) is 0 Å². The highest BCUT2D eigenvalue weighted by molar-refractivity contribution is 6.74. The van der Waals surface area contributed by atoms with Crippen molar-refractivity contribution in [3.8, 4) is 0 Å². The Hall–Kier alpha value is 0.137. The molecule has 0 heterocycles. The molecule has 0 saturated heterocycles.